The molecule has 0 saturated carbocycles. The molecular weight excluding hydrogens is 202 g/mol. The Balaban J connectivity index is 2.48. The zero-order valence-corrected chi connectivity index (χ0v) is 9.54. The van der Waals surface area contributed by atoms with Crippen molar-refractivity contribution in [2.45, 2.75) is 13.8 Å². The average Bonchev–Trinajstić information content (AvgIpc) is 2.22. The number of benzene rings is 1. The number of ether oxygens (including phenoxy) is 1. The Morgan fingerprint density at radius 3 is 2.56 bits per heavy atom. The second kappa shape index (κ2) is 5.82. The number of hydrogen-bond donors (Lipinski definition) is 1. The van der Waals surface area contributed by atoms with E-state index >= 15 is 0 Å². The highest BCUT2D eigenvalue weighted by atomic mass is 16.5. The third-order valence-corrected chi connectivity index (χ3v) is 1.95. The smallest absolute Gasteiger partial charge is 0.258 e. The van der Waals surface area contributed by atoms with E-state index in [1.54, 1.807) is 0 Å². The molecule has 0 aromatic heterocycles. The van der Waals surface area contributed by atoms with Crippen LogP contribution >= 0.6 is 0 Å². The van der Waals surface area contributed by atoms with Gasteiger partial charge in [0.05, 0.1) is 6.54 Å². The molecule has 0 fully saturated rings. The van der Waals surface area contributed by atoms with Crippen LogP contribution in [0.15, 0.2) is 18.2 Å². The van der Waals surface area contributed by atoms with Crippen LogP contribution in [0.3, 0.4) is 0 Å². The topological polar surface area (TPSA) is 38.3 Å². The predicted molar refractivity (Wildman–Crippen MR) is 63.3 cm³/mol. The lowest BCUT2D eigenvalue weighted by Gasteiger charge is -2.07. The summed E-state index contributed by atoms with van der Waals surface area (Å²) in [6.07, 6.45) is 5.02. The first kappa shape index (κ1) is 12.1. The third-order valence-electron chi connectivity index (χ3n) is 1.95. The van der Waals surface area contributed by atoms with Gasteiger partial charge in [-0.1, -0.05) is 12.0 Å². The molecule has 16 heavy (non-hydrogen) atoms. The van der Waals surface area contributed by atoms with Crippen LogP contribution in [-0.2, 0) is 4.79 Å². The first-order valence-electron chi connectivity index (χ1n) is 5.03. The highest BCUT2D eigenvalue weighted by Crippen LogP contribution is 2.15. The molecule has 0 heterocycles. The first-order chi connectivity index (χ1) is 7.61. The molecule has 1 aromatic carbocycles. The quantitative estimate of drug-likeness (QED) is 0.775. The summed E-state index contributed by atoms with van der Waals surface area (Å²) in [4.78, 5) is 11.2. The summed E-state index contributed by atoms with van der Waals surface area (Å²) >= 11 is 0. The van der Waals surface area contributed by atoms with Gasteiger partial charge in [-0.3, -0.25) is 4.79 Å². The minimum Gasteiger partial charge on any atom is -0.484 e. The van der Waals surface area contributed by atoms with E-state index in [0.717, 1.165) is 11.1 Å². The highest BCUT2D eigenvalue weighted by Gasteiger charge is 2.02. The lowest BCUT2D eigenvalue weighted by Crippen LogP contribution is -2.29. The Morgan fingerprint density at radius 1 is 1.38 bits per heavy atom. The molecule has 0 radical (unpaired) electrons. The molecule has 84 valence electrons. The van der Waals surface area contributed by atoms with Crippen LogP contribution in [0.2, 0.25) is 0 Å². The molecule has 1 rings (SSSR count). The van der Waals surface area contributed by atoms with Gasteiger partial charge < -0.3 is 10.1 Å². The van der Waals surface area contributed by atoms with Crippen molar-refractivity contribution in [3.05, 3.63) is 29.3 Å². The Hall–Kier alpha value is -1.95. The summed E-state index contributed by atoms with van der Waals surface area (Å²) in [5.74, 6) is 2.82. The van der Waals surface area contributed by atoms with E-state index < -0.39 is 0 Å². The van der Waals surface area contributed by atoms with Crippen molar-refractivity contribution in [2.75, 3.05) is 13.2 Å². The van der Waals surface area contributed by atoms with Crippen molar-refractivity contribution < 1.29 is 9.53 Å². The Kier molecular flexibility index (Phi) is 4.41. The van der Waals surface area contributed by atoms with Crippen LogP contribution in [0.25, 0.3) is 0 Å². The van der Waals surface area contributed by atoms with Crippen molar-refractivity contribution in [1.82, 2.24) is 5.32 Å². The summed E-state index contributed by atoms with van der Waals surface area (Å²) < 4.78 is 5.35. The van der Waals surface area contributed by atoms with E-state index in [2.05, 4.69) is 11.2 Å². The van der Waals surface area contributed by atoms with Crippen LogP contribution in [-0.4, -0.2) is 19.1 Å². The van der Waals surface area contributed by atoms with Gasteiger partial charge in [0.2, 0.25) is 0 Å². The van der Waals surface area contributed by atoms with Gasteiger partial charge in [-0.25, -0.2) is 0 Å². The Bertz CT molecular complexity index is 398. The fraction of sp³-hybridized carbons (Fsp3) is 0.308. The Labute approximate surface area is 95.8 Å². The zero-order valence-electron chi connectivity index (χ0n) is 9.54. The maximum absolute atomic E-state index is 11.2. The van der Waals surface area contributed by atoms with Gasteiger partial charge in [0, 0.05) is 0 Å². The van der Waals surface area contributed by atoms with Crippen LogP contribution in [0, 0.1) is 26.2 Å². The molecule has 1 aromatic rings. The van der Waals surface area contributed by atoms with E-state index in [-0.39, 0.29) is 19.1 Å². The van der Waals surface area contributed by atoms with Gasteiger partial charge in [0.1, 0.15) is 5.75 Å². The van der Waals surface area contributed by atoms with Gasteiger partial charge in [0.25, 0.3) is 5.91 Å². The van der Waals surface area contributed by atoms with Crippen molar-refractivity contribution in [1.29, 1.82) is 0 Å². The van der Waals surface area contributed by atoms with Crippen molar-refractivity contribution in [3.8, 4) is 18.1 Å². The second-order valence-corrected chi connectivity index (χ2v) is 3.59. The lowest BCUT2D eigenvalue weighted by atomic mass is 10.1. The van der Waals surface area contributed by atoms with Crippen molar-refractivity contribution in [2.24, 2.45) is 0 Å². The average molecular weight is 217 g/mol. The summed E-state index contributed by atoms with van der Waals surface area (Å²) in [6, 6.07) is 5.83. The highest BCUT2D eigenvalue weighted by molar-refractivity contribution is 5.77. The Morgan fingerprint density at radius 2 is 2.00 bits per heavy atom. The zero-order chi connectivity index (χ0) is 12.0. The molecule has 0 bridgehead atoms. The molecule has 1 N–H and O–H groups in total. The molecule has 0 aliphatic carbocycles. The SMILES string of the molecule is C#CCNC(=O)COc1cc(C)cc(C)c1. The fourth-order valence-corrected chi connectivity index (χ4v) is 1.37. The normalized spacial score (nSPS) is 9.31. The molecule has 3 heteroatoms. The summed E-state index contributed by atoms with van der Waals surface area (Å²) in [5.41, 5.74) is 2.22. The number of amides is 1. The summed E-state index contributed by atoms with van der Waals surface area (Å²) in [5, 5.41) is 2.53. The molecule has 3 nitrogen and oxygen atoms in total. The monoisotopic (exact) mass is 217 g/mol. The van der Waals surface area contributed by atoms with Gasteiger partial charge >= 0.3 is 0 Å². The van der Waals surface area contributed by atoms with Crippen molar-refractivity contribution >= 4 is 5.91 Å². The number of aryl methyl sites for hydroxylation is 2. The van der Waals surface area contributed by atoms with Crippen LogP contribution in [0.1, 0.15) is 11.1 Å². The number of carbonyl (C=O) groups is 1. The molecule has 1 amide bonds. The van der Waals surface area contributed by atoms with Crippen LogP contribution < -0.4 is 10.1 Å². The molecular formula is C13H15NO2. The molecule has 0 aliphatic heterocycles. The van der Waals surface area contributed by atoms with E-state index in [1.807, 2.05) is 32.0 Å². The number of rotatable bonds is 4. The summed E-state index contributed by atoms with van der Waals surface area (Å²) in [6.45, 7) is 4.19. The number of terminal acetylenes is 1. The van der Waals surface area contributed by atoms with Gasteiger partial charge in [-0.2, -0.15) is 0 Å². The van der Waals surface area contributed by atoms with Crippen LogP contribution in [0.5, 0.6) is 5.75 Å². The van der Waals surface area contributed by atoms with Crippen molar-refractivity contribution in [3.63, 3.8) is 0 Å². The number of nitrogens with one attached hydrogen (secondary N) is 1. The molecule has 0 unspecified atom stereocenters. The number of carbonyl (C=O) groups excluding carboxylic acids is 1. The van der Waals surface area contributed by atoms with Gasteiger partial charge in [-0.05, 0) is 37.1 Å². The van der Waals surface area contributed by atoms with Gasteiger partial charge in [0.15, 0.2) is 6.61 Å². The minimum atomic E-state index is -0.211. The molecule has 0 saturated heterocycles. The number of hydrogen-bond acceptors (Lipinski definition) is 2. The van der Waals surface area contributed by atoms with E-state index in [1.165, 1.54) is 0 Å². The maximum atomic E-state index is 11.2. The molecule has 0 spiro atoms. The molecule has 0 aliphatic rings. The largest absolute Gasteiger partial charge is 0.484 e. The lowest BCUT2D eigenvalue weighted by molar-refractivity contribution is -0.122. The maximum Gasteiger partial charge on any atom is 0.258 e. The fourth-order valence-electron chi connectivity index (χ4n) is 1.37. The van der Waals surface area contributed by atoms with E-state index in [9.17, 15) is 4.79 Å². The first-order valence-corrected chi connectivity index (χ1v) is 5.03. The summed E-state index contributed by atoms with van der Waals surface area (Å²) in [7, 11) is 0. The second-order valence-electron chi connectivity index (χ2n) is 3.59. The third kappa shape index (κ3) is 4.05. The van der Waals surface area contributed by atoms with E-state index in [4.69, 9.17) is 11.2 Å². The van der Waals surface area contributed by atoms with Crippen LogP contribution in [0.4, 0.5) is 0 Å². The predicted octanol–water partition coefficient (Wildman–Crippen LogP) is 1.43. The van der Waals surface area contributed by atoms with E-state index in [0.29, 0.717) is 5.75 Å². The standard InChI is InChI=1S/C13H15NO2/c1-4-5-14-13(15)9-16-12-7-10(2)6-11(3)8-12/h1,6-8H,5,9H2,2-3H3,(H,14,15). The molecule has 0 atom stereocenters. The van der Waals surface area contributed by atoms with Gasteiger partial charge in [-0.15, -0.1) is 6.42 Å². The minimum absolute atomic E-state index is 0.00935.